The summed E-state index contributed by atoms with van der Waals surface area (Å²) in [7, 11) is 0. The highest BCUT2D eigenvalue weighted by Gasteiger charge is 2.16. The maximum absolute atomic E-state index is 11.8. The van der Waals surface area contributed by atoms with Crippen LogP contribution in [0.4, 0.5) is 5.69 Å². The fourth-order valence-electron chi connectivity index (χ4n) is 2.11. The Balaban J connectivity index is 1.82. The molecule has 0 aliphatic carbocycles. The van der Waals surface area contributed by atoms with Gasteiger partial charge in [-0.25, -0.2) is 0 Å². The van der Waals surface area contributed by atoms with Crippen molar-refractivity contribution in [3.8, 4) is 0 Å². The highest BCUT2D eigenvalue weighted by molar-refractivity contribution is 9.10. The molecule has 0 aromatic heterocycles. The van der Waals surface area contributed by atoms with Crippen molar-refractivity contribution in [2.24, 2.45) is 5.92 Å². The average Bonchev–Trinajstić information content (AvgIpc) is 2.33. The molecule has 92 valence electrons. The van der Waals surface area contributed by atoms with Gasteiger partial charge in [-0.15, -0.1) is 0 Å². The van der Waals surface area contributed by atoms with Gasteiger partial charge >= 0.3 is 0 Å². The van der Waals surface area contributed by atoms with Crippen molar-refractivity contribution >= 4 is 27.5 Å². The zero-order valence-electron chi connectivity index (χ0n) is 9.71. The van der Waals surface area contributed by atoms with E-state index >= 15 is 0 Å². The Hall–Kier alpha value is -0.870. The number of hydrogen-bond donors (Lipinski definition) is 2. The summed E-state index contributed by atoms with van der Waals surface area (Å²) in [5.74, 6) is 0.597. The molecule has 4 heteroatoms. The second kappa shape index (κ2) is 6.17. The highest BCUT2D eigenvalue weighted by Crippen LogP contribution is 2.17. The summed E-state index contributed by atoms with van der Waals surface area (Å²) in [5.41, 5.74) is 0.863. The predicted molar refractivity (Wildman–Crippen MR) is 73.0 cm³/mol. The van der Waals surface area contributed by atoms with E-state index in [0.717, 1.165) is 29.7 Å². The van der Waals surface area contributed by atoms with Crippen LogP contribution < -0.4 is 10.6 Å². The Morgan fingerprint density at radius 1 is 1.41 bits per heavy atom. The minimum absolute atomic E-state index is 0.112. The molecule has 1 aliphatic heterocycles. The van der Waals surface area contributed by atoms with E-state index in [9.17, 15) is 4.79 Å². The first kappa shape index (κ1) is 12.6. The van der Waals surface area contributed by atoms with Gasteiger partial charge in [0.05, 0.1) is 0 Å². The first-order chi connectivity index (χ1) is 8.24. The lowest BCUT2D eigenvalue weighted by Gasteiger charge is -2.22. The summed E-state index contributed by atoms with van der Waals surface area (Å²) in [4.78, 5) is 11.8. The van der Waals surface area contributed by atoms with E-state index in [-0.39, 0.29) is 5.91 Å². The molecule has 1 aromatic rings. The molecule has 0 spiro atoms. The van der Waals surface area contributed by atoms with Crippen molar-refractivity contribution in [2.45, 2.75) is 19.3 Å². The van der Waals surface area contributed by atoms with E-state index < -0.39 is 0 Å². The summed E-state index contributed by atoms with van der Waals surface area (Å²) in [6, 6.07) is 7.66. The molecule has 1 saturated heterocycles. The number of amides is 1. The van der Waals surface area contributed by atoms with Crippen LogP contribution in [0.2, 0.25) is 0 Å². The molecule has 17 heavy (non-hydrogen) atoms. The lowest BCUT2D eigenvalue weighted by Crippen LogP contribution is -2.32. The fourth-order valence-corrected chi connectivity index (χ4v) is 2.37. The molecule has 1 aromatic carbocycles. The monoisotopic (exact) mass is 296 g/mol. The number of benzene rings is 1. The van der Waals surface area contributed by atoms with Crippen LogP contribution in [0.5, 0.6) is 0 Å². The first-order valence-corrected chi connectivity index (χ1v) is 6.79. The number of carbonyl (C=O) groups is 1. The van der Waals surface area contributed by atoms with Crippen LogP contribution in [0.25, 0.3) is 0 Å². The van der Waals surface area contributed by atoms with Crippen molar-refractivity contribution in [1.82, 2.24) is 5.32 Å². The summed E-state index contributed by atoms with van der Waals surface area (Å²) in [6.07, 6.45) is 2.94. The normalized spacial score (nSPS) is 19.9. The van der Waals surface area contributed by atoms with Crippen molar-refractivity contribution in [1.29, 1.82) is 0 Å². The summed E-state index contributed by atoms with van der Waals surface area (Å²) in [6.45, 7) is 2.05. The van der Waals surface area contributed by atoms with E-state index in [2.05, 4.69) is 26.6 Å². The molecule has 1 fully saturated rings. The van der Waals surface area contributed by atoms with Crippen LogP contribution >= 0.6 is 15.9 Å². The molecule has 2 rings (SSSR count). The van der Waals surface area contributed by atoms with Crippen LogP contribution in [0.1, 0.15) is 19.3 Å². The van der Waals surface area contributed by atoms with Gasteiger partial charge in [0.2, 0.25) is 5.91 Å². The van der Waals surface area contributed by atoms with Gasteiger partial charge in [-0.05, 0) is 56.1 Å². The highest BCUT2D eigenvalue weighted by atomic mass is 79.9. The molecule has 0 saturated carbocycles. The number of piperidine rings is 1. The molecule has 1 atom stereocenters. The number of carbonyl (C=O) groups excluding carboxylic acids is 1. The second-order valence-corrected chi connectivity index (χ2v) is 5.39. The molecule has 1 unspecified atom stereocenters. The Labute approximate surface area is 110 Å². The van der Waals surface area contributed by atoms with Gasteiger partial charge in [-0.3, -0.25) is 4.79 Å². The quantitative estimate of drug-likeness (QED) is 0.900. The molecule has 1 amide bonds. The van der Waals surface area contributed by atoms with Crippen LogP contribution in [0.3, 0.4) is 0 Å². The molecular formula is C13H17BrN2O. The van der Waals surface area contributed by atoms with Gasteiger partial charge in [0.25, 0.3) is 0 Å². The molecule has 3 nitrogen and oxygen atoms in total. The van der Waals surface area contributed by atoms with E-state index in [1.54, 1.807) is 0 Å². The van der Waals surface area contributed by atoms with Gasteiger partial charge in [-0.1, -0.05) is 15.9 Å². The third-order valence-corrected chi connectivity index (χ3v) is 3.53. The van der Waals surface area contributed by atoms with Gasteiger partial charge in [0, 0.05) is 16.6 Å². The maximum atomic E-state index is 11.8. The maximum Gasteiger partial charge on any atom is 0.224 e. The Bertz CT molecular complexity index is 372. The zero-order chi connectivity index (χ0) is 12.1. The van der Waals surface area contributed by atoms with E-state index in [1.807, 2.05) is 24.3 Å². The van der Waals surface area contributed by atoms with Crippen molar-refractivity contribution in [2.75, 3.05) is 18.4 Å². The van der Waals surface area contributed by atoms with Crippen molar-refractivity contribution in [3.63, 3.8) is 0 Å². The van der Waals surface area contributed by atoms with E-state index in [1.165, 1.54) is 6.42 Å². The third-order valence-electron chi connectivity index (χ3n) is 3.00. The Morgan fingerprint density at radius 2 is 2.18 bits per heavy atom. The van der Waals surface area contributed by atoms with Crippen LogP contribution in [-0.2, 0) is 4.79 Å². The topological polar surface area (TPSA) is 41.1 Å². The van der Waals surface area contributed by atoms with Crippen molar-refractivity contribution in [3.05, 3.63) is 28.7 Å². The fraction of sp³-hybridized carbons (Fsp3) is 0.462. The largest absolute Gasteiger partial charge is 0.326 e. The van der Waals surface area contributed by atoms with Crippen LogP contribution in [-0.4, -0.2) is 19.0 Å². The predicted octanol–water partition coefficient (Wildman–Crippen LogP) is 2.78. The Morgan fingerprint density at radius 3 is 2.82 bits per heavy atom. The third kappa shape index (κ3) is 4.13. The minimum Gasteiger partial charge on any atom is -0.326 e. The molecule has 2 N–H and O–H groups in total. The lowest BCUT2D eigenvalue weighted by atomic mass is 9.96. The number of nitrogens with one attached hydrogen (secondary N) is 2. The standard InChI is InChI=1S/C13H17BrN2O/c14-11-3-5-12(6-4-11)16-13(17)8-10-2-1-7-15-9-10/h3-6,10,15H,1-2,7-9H2,(H,16,17). The van der Waals surface area contributed by atoms with Crippen molar-refractivity contribution < 1.29 is 4.79 Å². The molecule has 1 aliphatic rings. The van der Waals surface area contributed by atoms with E-state index in [0.29, 0.717) is 12.3 Å². The average molecular weight is 297 g/mol. The number of rotatable bonds is 3. The van der Waals surface area contributed by atoms with Gasteiger partial charge < -0.3 is 10.6 Å². The van der Waals surface area contributed by atoms with Gasteiger partial charge in [0.15, 0.2) is 0 Å². The summed E-state index contributed by atoms with van der Waals surface area (Å²) in [5, 5.41) is 6.25. The molecule has 1 heterocycles. The smallest absolute Gasteiger partial charge is 0.224 e. The van der Waals surface area contributed by atoms with Crippen LogP contribution in [0.15, 0.2) is 28.7 Å². The molecular weight excluding hydrogens is 280 g/mol. The molecule has 0 bridgehead atoms. The van der Waals surface area contributed by atoms with Gasteiger partial charge in [0.1, 0.15) is 0 Å². The second-order valence-electron chi connectivity index (χ2n) is 4.47. The first-order valence-electron chi connectivity index (χ1n) is 6.00. The van der Waals surface area contributed by atoms with Gasteiger partial charge in [-0.2, -0.15) is 0 Å². The SMILES string of the molecule is O=C(CC1CCCNC1)Nc1ccc(Br)cc1. The van der Waals surface area contributed by atoms with E-state index in [4.69, 9.17) is 0 Å². The molecule has 0 radical (unpaired) electrons. The minimum atomic E-state index is 0.112. The zero-order valence-corrected chi connectivity index (χ0v) is 11.3. The lowest BCUT2D eigenvalue weighted by molar-refractivity contribution is -0.117. The number of anilines is 1. The number of hydrogen-bond acceptors (Lipinski definition) is 2. The summed E-state index contributed by atoms with van der Waals surface area (Å²) < 4.78 is 1.02. The number of halogens is 1. The van der Waals surface area contributed by atoms with Crippen LogP contribution in [0, 0.1) is 5.92 Å². The Kier molecular flexibility index (Phi) is 4.57. The summed E-state index contributed by atoms with van der Waals surface area (Å²) >= 11 is 3.37.